The minimum atomic E-state index is -0.476. The van der Waals surface area contributed by atoms with Crippen molar-refractivity contribution in [2.24, 2.45) is 5.73 Å². The van der Waals surface area contributed by atoms with Gasteiger partial charge in [0, 0.05) is 6.54 Å². The lowest BCUT2D eigenvalue weighted by atomic mass is 9.85. The molecule has 0 aliphatic rings. The molecule has 96 valence electrons. The number of methoxy groups -OCH3 is 1. The predicted octanol–water partition coefficient (Wildman–Crippen LogP) is 1.85. The van der Waals surface area contributed by atoms with Crippen LogP contribution in [0.3, 0.4) is 0 Å². The normalized spacial score (nSPS) is 13.5. The first-order valence-electron chi connectivity index (χ1n) is 5.94. The minimum absolute atomic E-state index is 0.0228. The Bertz CT molecular complexity index is 369. The highest BCUT2D eigenvalue weighted by atomic mass is 16.5. The van der Waals surface area contributed by atoms with E-state index < -0.39 is 6.10 Å². The van der Waals surface area contributed by atoms with Crippen molar-refractivity contribution in [2.45, 2.75) is 38.7 Å². The summed E-state index contributed by atoms with van der Waals surface area (Å²) in [4.78, 5) is 0. The molecule has 0 bridgehead atoms. The van der Waals surface area contributed by atoms with Crippen molar-refractivity contribution in [3.63, 3.8) is 0 Å². The molecule has 0 fully saturated rings. The lowest BCUT2D eigenvalue weighted by molar-refractivity contribution is 0.183. The molecule has 0 spiro atoms. The van der Waals surface area contributed by atoms with Crippen molar-refractivity contribution in [1.82, 2.24) is 0 Å². The minimum Gasteiger partial charge on any atom is -0.496 e. The molecule has 0 saturated heterocycles. The van der Waals surface area contributed by atoms with Gasteiger partial charge in [-0.2, -0.15) is 0 Å². The zero-order valence-corrected chi connectivity index (χ0v) is 11.2. The lowest BCUT2D eigenvalue weighted by Gasteiger charge is -2.23. The summed E-state index contributed by atoms with van der Waals surface area (Å²) in [6.45, 7) is 6.73. The Morgan fingerprint density at radius 1 is 1.35 bits per heavy atom. The van der Waals surface area contributed by atoms with E-state index in [9.17, 15) is 5.11 Å². The fourth-order valence-corrected chi connectivity index (χ4v) is 1.82. The second-order valence-electron chi connectivity index (χ2n) is 5.38. The summed E-state index contributed by atoms with van der Waals surface area (Å²) in [6.07, 6.45) is 0.111. The Hall–Kier alpha value is -1.06. The molecule has 1 aromatic rings. The number of hydrogen-bond donors (Lipinski definition) is 2. The fourth-order valence-electron chi connectivity index (χ4n) is 1.82. The summed E-state index contributed by atoms with van der Waals surface area (Å²) in [7, 11) is 1.68. The topological polar surface area (TPSA) is 55.5 Å². The van der Waals surface area contributed by atoms with E-state index in [2.05, 4.69) is 26.8 Å². The average Bonchev–Trinajstić information content (AvgIpc) is 2.27. The van der Waals surface area contributed by atoms with Crippen LogP contribution in [0.5, 0.6) is 5.75 Å². The second-order valence-corrected chi connectivity index (χ2v) is 5.38. The highest BCUT2D eigenvalue weighted by Crippen LogP contribution is 2.32. The van der Waals surface area contributed by atoms with Crippen LogP contribution in [0.15, 0.2) is 18.2 Å². The molecule has 0 aliphatic carbocycles. The van der Waals surface area contributed by atoms with E-state index >= 15 is 0 Å². The number of aliphatic hydroxyl groups is 1. The van der Waals surface area contributed by atoms with Crippen LogP contribution in [0.4, 0.5) is 0 Å². The van der Waals surface area contributed by atoms with Crippen molar-refractivity contribution in [1.29, 1.82) is 0 Å². The fraction of sp³-hybridized carbons (Fsp3) is 0.571. The third-order valence-corrected chi connectivity index (χ3v) is 2.82. The van der Waals surface area contributed by atoms with E-state index in [0.29, 0.717) is 6.42 Å². The zero-order chi connectivity index (χ0) is 13.1. The van der Waals surface area contributed by atoms with Gasteiger partial charge in [-0.25, -0.2) is 0 Å². The first-order valence-corrected chi connectivity index (χ1v) is 5.94. The number of benzene rings is 1. The van der Waals surface area contributed by atoms with Gasteiger partial charge in [-0.3, -0.25) is 0 Å². The summed E-state index contributed by atoms with van der Waals surface area (Å²) < 4.78 is 5.37. The van der Waals surface area contributed by atoms with Gasteiger partial charge >= 0.3 is 0 Å². The average molecular weight is 237 g/mol. The maximum atomic E-state index is 9.58. The molecule has 1 rings (SSSR count). The maximum absolute atomic E-state index is 9.58. The lowest BCUT2D eigenvalue weighted by Crippen LogP contribution is -2.22. The first-order chi connectivity index (χ1) is 7.88. The van der Waals surface area contributed by atoms with E-state index in [4.69, 9.17) is 10.5 Å². The van der Waals surface area contributed by atoms with Crippen molar-refractivity contribution >= 4 is 0 Å². The number of ether oxygens (including phenoxy) is 1. The smallest absolute Gasteiger partial charge is 0.122 e. The molecule has 0 aromatic heterocycles. The van der Waals surface area contributed by atoms with Gasteiger partial charge in [0.25, 0.3) is 0 Å². The summed E-state index contributed by atoms with van der Waals surface area (Å²) >= 11 is 0. The SMILES string of the molecule is COc1ccc(CC(O)CN)cc1C(C)(C)C. The van der Waals surface area contributed by atoms with Gasteiger partial charge in [-0.15, -0.1) is 0 Å². The molecular formula is C14H23NO2. The van der Waals surface area contributed by atoms with Crippen LogP contribution >= 0.6 is 0 Å². The standard InChI is InChI=1S/C14H23NO2/c1-14(2,3)12-8-10(7-11(16)9-15)5-6-13(12)17-4/h5-6,8,11,16H,7,9,15H2,1-4H3. The largest absolute Gasteiger partial charge is 0.496 e. The Morgan fingerprint density at radius 2 is 2.00 bits per heavy atom. The van der Waals surface area contributed by atoms with Crippen LogP contribution in [0.1, 0.15) is 31.9 Å². The number of nitrogens with two attached hydrogens (primary N) is 1. The van der Waals surface area contributed by atoms with Crippen LogP contribution in [-0.2, 0) is 11.8 Å². The highest BCUT2D eigenvalue weighted by molar-refractivity contribution is 5.41. The maximum Gasteiger partial charge on any atom is 0.122 e. The molecule has 17 heavy (non-hydrogen) atoms. The van der Waals surface area contributed by atoms with Crippen LogP contribution in [0, 0.1) is 0 Å². The monoisotopic (exact) mass is 237 g/mol. The molecule has 0 heterocycles. The first kappa shape index (κ1) is 14.0. The molecule has 0 aliphatic heterocycles. The third-order valence-electron chi connectivity index (χ3n) is 2.82. The highest BCUT2D eigenvalue weighted by Gasteiger charge is 2.19. The quantitative estimate of drug-likeness (QED) is 0.840. The van der Waals surface area contributed by atoms with Crippen LogP contribution in [0.2, 0.25) is 0 Å². The van der Waals surface area contributed by atoms with Crippen molar-refractivity contribution in [3.05, 3.63) is 29.3 Å². The summed E-state index contributed by atoms with van der Waals surface area (Å²) in [5.74, 6) is 0.892. The van der Waals surface area contributed by atoms with Gasteiger partial charge in [0.05, 0.1) is 13.2 Å². The van der Waals surface area contributed by atoms with Gasteiger partial charge in [0.2, 0.25) is 0 Å². The van der Waals surface area contributed by atoms with Crippen LogP contribution in [-0.4, -0.2) is 24.9 Å². The van der Waals surface area contributed by atoms with Crippen molar-refractivity contribution in [3.8, 4) is 5.75 Å². The van der Waals surface area contributed by atoms with E-state index in [1.54, 1.807) is 7.11 Å². The Morgan fingerprint density at radius 3 is 2.47 bits per heavy atom. The van der Waals surface area contributed by atoms with Crippen molar-refractivity contribution in [2.75, 3.05) is 13.7 Å². The second kappa shape index (κ2) is 5.52. The van der Waals surface area contributed by atoms with Gasteiger partial charge in [-0.05, 0) is 29.0 Å². The van der Waals surface area contributed by atoms with E-state index in [-0.39, 0.29) is 12.0 Å². The van der Waals surface area contributed by atoms with E-state index in [1.165, 1.54) is 0 Å². The molecule has 3 heteroatoms. The van der Waals surface area contributed by atoms with E-state index in [0.717, 1.165) is 16.9 Å². The Kier molecular flexibility index (Phi) is 4.54. The Labute approximate surface area is 104 Å². The van der Waals surface area contributed by atoms with Gasteiger partial charge in [0.1, 0.15) is 5.75 Å². The molecule has 1 unspecified atom stereocenters. The zero-order valence-electron chi connectivity index (χ0n) is 11.2. The molecule has 1 atom stereocenters. The molecule has 0 radical (unpaired) electrons. The molecule has 3 nitrogen and oxygen atoms in total. The summed E-state index contributed by atoms with van der Waals surface area (Å²) in [6, 6.07) is 6.03. The Balaban J connectivity index is 3.05. The van der Waals surface area contributed by atoms with Gasteiger partial charge in [0.15, 0.2) is 0 Å². The van der Waals surface area contributed by atoms with Gasteiger partial charge in [-0.1, -0.05) is 32.9 Å². The number of hydrogen-bond acceptors (Lipinski definition) is 3. The number of rotatable bonds is 4. The molecule has 0 amide bonds. The van der Waals surface area contributed by atoms with Gasteiger partial charge < -0.3 is 15.6 Å². The summed E-state index contributed by atoms with van der Waals surface area (Å²) in [5, 5.41) is 9.58. The third kappa shape index (κ3) is 3.72. The predicted molar refractivity (Wildman–Crippen MR) is 70.5 cm³/mol. The molecule has 3 N–H and O–H groups in total. The number of aliphatic hydroxyl groups excluding tert-OH is 1. The van der Waals surface area contributed by atoms with Crippen LogP contribution in [0.25, 0.3) is 0 Å². The summed E-state index contributed by atoms with van der Waals surface area (Å²) in [5.41, 5.74) is 7.69. The van der Waals surface area contributed by atoms with Crippen molar-refractivity contribution < 1.29 is 9.84 Å². The molecule has 0 saturated carbocycles. The van der Waals surface area contributed by atoms with Crippen LogP contribution < -0.4 is 10.5 Å². The molecule has 1 aromatic carbocycles. The molecular weight excluding hydrogens is 214 g/mol. The van der Waals surface area contributed by atoms with E-state index in [1.807, 2.05) is 12.1 Å².